The highest BCUT2D eigenvalue weighted by Crippen LogP contribution is 2.20. The van der Waals surface area contributed by atoms with Gasteiger partial charge in [0.15, 0.2) is 0 Å². The minimum Gasteiger partial charge on any atom is -0.467 e. The lowest BCUT2D eigenvalue weighted by Crippen LogP contribution is -2.22. The van der Waals surface area contributed by atoms with E-state index in [4.69, 9.17) is 16.0 Å². The highest BCUT2D eigenvalue weighted by atomic mass is 35.5. The molecule has 0 aliphatic heterocycles. The minimum absolute atomic E-state index is 0.207. The van der Waals surface area contributed by atoms with E-state index in [2.05, 4.69) is 10.3 Å². The van der Waals surface area contributed by atoms with Crippen molar-refractivity contribution in [3.63, 3.8) is 0 Å². The highest BCUT2D eigenvalue weighted by molar-refractivity contribution is 6.30. The summed E-state index contributed by atoms with van der Waals surface area (Å²) in [4.78, 5) is 16.5. The van der Waals surface area contributed by atoms with Gasteiger partial charge in [-0.05, 0) is 24.3 Å². The first kappa shape index (κ1) is 12.7. The molecule has 0 unspecified atom stereocenters. The molecule has 0 radical (unpaired) electrons. The summed E-state index contributed by atoms with van der Waals surface area (Å²) in [5.74, 6) is 0.490. The van der Waals surface area contributed by atoms with Crippen molar-refractivity contribution in [2.24, 2.45) is 0 Å². The summed E-state index contributed by atoms with van der Waals surface area (Å²) < 4.78 is 5.18. The van der Waals surface area contributed by atoms with Crippen LogP contribution in [0.25, 0.3) is 10.9 Å². The topological polar surface area (TPSA) is 55.1 Å². The number of nitrogens with one attached hydrogen (secondary N) is 1. The predicted molar refractivity (Wildman–Crippen MR) is 76.6 cm³/mol. The highest BCUT2D eigenvalue weighted by Gasteiger charge is 2.12. The lowest BCUT2D eigenvalue weighted by molar-refractivity contribution is 0.0949. The van der Waals surface area contributed by atoms with Crippen LogP contribution in [0, 0.1) is 0 Å². The molecule has 0 aliphatic carbocycles. The van der Waals surface area contributed by atoms with Crippen LogP contribution in [0.15, 0.2) is 53.1 Å². The van der Waals surface area contributed by atoms with Gasteiger partial charge >= 0.3 is 0 Å². The third-order valence-electron chi connectivity index (χ3n) is 2.93. The molecule has 1 aromatic carbocycles. The first-order valence-corrected chi connectivity index (χ1v) is 6.48. The quantitative estimate of drug-likeness (QED) is 0.751. The van der Waals surface area contributed by atoms with Crippen LogP contribution in [0.2, 0.25) is 5.15 Å². The molecular weight excluding hydrogens is 276 g/mol. The fraction of sp³-hybridized carbons (Fsp3) is 0.0667. The summed E-state index contributed by atoms with van der Waals surface area (Å²) in [5, 5.41) is 3.87. The lowest BCUT2D eigenvalue weighted by atomic mass is 10.1. The molecule has 20 heavy (non-hydrogen) atoms. The van der Waals surface area contributed by atoms with E-state index in [1.807, 2.05) is 24.3 Å². The maximum Gasteiger partial charge on any atom is 0.252 e. The van der Waals surface area contributed by atoms with Crippen LogP contribution in [0.3, 0.4) is 0 Å². The third kappa shape index (κ3) is 2.51. The van der Waals surface area contributed by atoms with Crippen LogP contribution < -0.4 is 5.32 Å². The summed E-state index contributed by atoms with van der Waals surface area (Å²) in [6, 6.07) is 12.5. The molecule has 100 valence electrons. The molecule has 3 aromatic rings. The second kappa shape index (κ2) is 5.35. The van der Waals surface area contributed by atoms with E-state index in [0.29, 0.717) is 28.5 Å². The van der Waals surface area contributed by atoms with Gasteiger partial charge in [-0.1, -0.05) is 29.8 Å². The van der Waals surface area contributed by atoms with Crippen molar-refractivity contribution >= 4 is 28.4 Å². The first-order valence-electron chi connectivity index (χ1n) is 6.10. The Kier molecular flexibility index (Phi) is 3.39. The van der Waals surface area contributed by atoms with Crippen LogP contribution >= 0.6 is 11.6 Å². The van der Waals surface area contributed by atoms with Gasteiger partial charge in [-0.2, -0.15) is 0 Å². The van der Waals surface area contributed by atoms with Crippen molar-refractivity contribution in [2.45, 2.75) is 6.54 Å². The average Bonchev–Trinajstić information content (AvgIpc) is 2.97. The molecule has 5 heteroatoms. The maximum atomic E-state index is 12.3. The summed E-state index contributed by atoms with van der Waals surface area (Å²) in [6.45, 7) is 0.333. The smallest absolute Gasteiger partial charge is 0.252 e. The van der Waals surface area contributed by atoms with Crippen LogP contribution in [-0.4, -0.2) is 10.9 Å². The Labute approximate surface area is 120 Å². The number of para-hydroxylation sites is 1. The Bertz CT molecular complexity index is 754. The molecule has 2 aromatic heterocycles. The largest absolute Gasteiger partial charge is 0.467 e. The second-order valence-electron chi connectivity index (χ2n) is 4.27. The Hall–Kier alpha value is -2.33. The summed E-state index contributed by atoms with van der Waals surface area (Å²) in [5.41, 5.74) is 1.20. The molecule has 2 heterocycles. The Balaban J connectivity index is 1.90. The number of carbonyl (C=O) groups is 1. The summed E-state index contributed by atoms with van der Waals surface area (Å²) in [7, 11) is 0. The van der Waals surface area contributed by atoms with Gasteiger partial charge in [-0.25, -0.2) is 4.98 Å². The van der Waals surface area contributed by atoms with Crippen molar-refractivity contribution in [3.8, 4) is 0 Å². The zero-order valence-corrected chi connectivity index (χ0v) is 11.2. The monoisotopic (exact) mass is 286 g/mol. The van der Waals surface area contributed by atoms with Crippen molar-refractivity contribution in [1.29, 1.82) is 0 Å². The van der Waals surface area contributed by atoms with Gasteiger partial charge in [0.2, 0.25) is 0 Å². The average molecular weight is 287 g/mol. The molecule has 1 amide bonds. The first-order chi connectivity index (χ1) is 9.74. The van der Waals surface area contributed by atoms with Gasteiger partial charge in [0.25, 0.3) is 5.91 Å². The number of furan rings is 1. The molecule has 0 saturated carbocycles. The number of benzene rings is 1. The molecular formula is C15H11ClN2O2. The number of aromatic nitrogens is 1. The molecule has 0 bridgehead atoms. The van der Waals surface area contributed by atoms with Crippen LogP contribution in [-0.2, 0) is 6.54 Å². The SMILES string of the molecule is O=C(NCc1ccco1)c1cc(Cl)nc2ccccc12. The van der Waals surface area contributed by atoms with E-state index in [-0.39, 0.29) is 5.91 Å². The van der Waals surface area contributed by atoms with Crippen molar-refractivity contribution in [1.82, 2.24) is 10.3 Å². The van der Waals surface area contributed by atoms with Crippen LogP contribution in [0.4, 0.5) is 0 Å². The van der Waals surface area contributed by atoms with Crippen LogP contribution in [0.5, 0.6) is 0 Å². The molecule has 0 spiro atoms. The number of halogens is 1. The predicted octanol–water partition coefficient (Wildman–Crippen LogP) is 3.41. The molecule has 0 atom stereocenters. The summed E-state index contributed by atoms with van der Waals surface area (Å²) >= 11 is 5.96. The van der Waals surface area contributed by atoms with E-state index >= 15 is 0 Å². The zero-order chi connectivity index (χ0) is 13.9. The van der Waals surface area contributed by atoms with Gasteiger partial charge in [0.05, 0.1) is 23.9 Å². The fourth-order valence-corrected chi connectivity index (χ4v) is 2.21. The van der Waals surface area contributed by atoms with Gasteiger partial charge < -0.3 is 9.73 Å². The number of pyridine rings is 1. The van der Waals surface area contributed by atoms with Gasteiger partial charge in [-0.3, -0.25) is 4.79 Å². The number of nitrogens with zero attached hydrogens (tertiary/aromatic N) is 1. The van der Waals surface area contributed by atoms with Crippen LogP contribution in [0.1, 0.15) is 16.1 Å². The van der Waals surface area contributed by atoms with Gasteiger partial charge in [-0.15, -0.1) is 0 Å². The zero-order valence-electron chi connectivity index (χ0n) is 10.5. The molecule has 0 saturated heterocycles. The van der Waals surface area contributed by atoms with E-state index in [1.165, 1.54) is 0 Å². The van der Waals surface area contributed by atoms with Crippen molar-refractivity contribution in [2.75, 3.05) is 0 Å². The molecule has 0 fully saturated rings. The van der Waals surface area contributed by atoms with E-state index in [9.17, 15) is 4.79 Å². The van der Waals surface area contributed by atoms with Crippen molar-refractivity contribution < 1.29 is 9.21 Å². The van der Waals surface area contributed by atoms with Gasteiger partial charge in [0, 0.05) is 5.39 Å². The maximum absolute atomic E-state index is 12.3. The van der Waals surface area contributed by atoms with Crippen molar-refractivity contribution in [3.05, 3.63) is 65.2 Å². The number of amides is 1. The number of rotatable bonds is 3. The van der Waals surface area contributed by atoms with Gasteiger partial charge in [0.1, 0.15) is 10.9 Å². The third-order valence-corrected chi connectivity index (χ3v) is 3.13. The molecule has 4 nitrogen and oxygen atoms in total. The standard InChI is InChI=1S/C15H11ClN2O2/c16-14-8-12(11-5-1-2-6-13(11)18-14)15(19)17-9-10-4-3-7-20-10/h1-8H,9H2,(H,17,19). The number of hydrogen-bond acceptors (Lipinski definition) is 3. The normalized spacial score (nSPS) is 10.7. The lowest BCUT2D eigenvalue weighted by Gasteiger charge is -2.07. The fourth-order valence-electron chi connectivity index (χ4n) is 2.01. The Morgan fingerprint density at radius 2 is 2.10 bits per heavy atom. The molecule has 1 N–H and O–H groups in total. The number of carbonyl (C=O) groups excluding carboxylic acids is 1. The second-order valence-corrected chi connectivity index (χ2v) is 4.66. The van der Waals surface area contributed by atoms with E-state index in [1.54, 1.807) is 24.5 Å². The van der Waals surface area contributed by atoms with E-state index < -0.39 is 0 Å². The van der Waals surface area contributed by atoms with E-state index in [0.717, 1.165) is 5.39 Å². The number of fused-ring (bicyclic) bond motifs is 1. The molecule has 3 rings (SSSR count). The Morgan fingerprint density at radius 1 is 1.25 bits per heavy atom. The molecule has 0 aliphatic rings. The Morgan fingerprint density at radius 3 is 2.90 bits per heavy atom. The minimum atomic E-state index is -0.207. The number of hydrogen-bond donors (Lipinski definition) is 1. The summed E-state index contributed by atoms with van der Waals surface area (Å²) in [6.07, 6.45) is 1.57.